The monoisotopic (exact) mass is 342 g/mol. The summed E-state index contributed by atoms with van der Waals surface area (Å²) in [6.07, 6.45) is 9.41. The molecule has 0 unspecified atom stereocenters. The van der Waals surface area contributed by atoms with Crippen LogP contribution in [0.3, 0.4) is 0 Å². The summed E-state index contributed by atoms with van der Waals surface area (Å²) in [5, 5.41) is 1.68. The van der Waals surface area contributed by atoms with Crippen molar-refractivity contribution in [3.8, 4) is 0 Å². The van der Waals surface area contributed by atoms with Crippen molar-refractivity contribution in [2.75, 3.05) is 18.2 Å². The van der Waals surface area contributed by atoms with Crippen LogP contribution in [0.4, 0.5) is 0 Å². The summed E-state index contributed by atoms with van der Waals surface area (Å²) >= 11 is 0. The SMILES string of the molecule is CCOC(=O)c1cn2c(n1)CCCN2C(=O)c1[nH]cc2c1CCCC2. The fraction of sp³-hybridized carbons (Fsp3) is 0.500. The van der Waals surface area contributed by atoms with E-state index in [2.05, 4.69) is 9.97 Å². The van der Waals surface area contributed by atoms with E-state index in [4.69, 9.17) is 4.74 Å². The molecule has 1 aliphatic heterocycles. The molecular weight excluding hydrogens is 320 g/mol. The Balaban J connectivity index is 1.65. The molecule has 7 nitrogen and oxygen atoms in total. The number of carbonyl (C=O) groups excluding carboxylic acids is 2. The molecule has 7 heteroatoms. The number of aromatic nitrogens is 3. The number of nitrogens with one attached hydrogen (secondary N) is 1. The molecule has 2 aliphatic rings. The van der Waals surface area contributed by atoms with E-state index in [0.29, 0.717) is 18.8 Å². The van der Waals surface area contributed by atoms with E-state index >= 15 is 0 Å². The number of carbonyl (C=O) groups is 2. The van der Waals surface area contributed by atoms with Gasteiger partial charge in [-0.1, -0.05) is 0 Å². The van der Waals surface area contributed by atoms with Crippen LogP contribution in [-0.4, -0.2) is 39.7 Å². The van der Waals surface area contributed by atoms with Crippen LogP contribution < -0.4 is 5.01 Å². The highest BCUT2D eigenvalue weighted by Crippen LogP contribution is 2.26. The van der Waals surface area contributed by atoms with Crippen LogP contribution in [0.1, 0.15) is 64.1 Å². The van der Waals surface area contributed by atoms with Crippen molar-refractivity contribution in [3.63, 3.8) is 0 Å². The van der Waals surface area contributed by atoms with Gasteiger partial charge in [0.15, 0.2) is 5.69 Å². The molecule has 4 rings (SSSR count). The minimum Gasteiger partial charge on any atom is -0.461 e. The number of aromatic amines is 1. The lowest BCUT2D eigenvalue weighted by Crippen LogP contribution is -2.45. The van der Waals surface area contributed by atoms with Gasteiger partial charge in [0.1, 0.15) is 11.5 Å². The van der Waals surface area contributed by atoms with Crippen LogP contribution in [0.15, 0.2) is 12.4 Å². The quantitative estimate of drug-likeness (QED) is 0.865. The van der Waals surface area contributed by atoms with Gasteiger partial charge in [0.25, 0.3) is 5.91 Å². The van der Waals surface area contributed by atoms with Crippen molar-refractivity contribution >= 4 is 11.9 Å². The van der Waals surface area contributed by atoms with Gasteiger partial charge in [-0.15, -0.1) is 0 Å². The van der Waals surface area contributed by atoms with Gasteiger partial charge >= 0.3 is 5.97 Å². The third-order valence-corrected chi connectivity index (χ3v) is 4.92. The fourth-order valence-corrected chi connectivity index (χ4v) is 3.73. The number of amides is 1. The normalized spacial score (nSPS) is 16.3. The van der Waals surface area contributed by atoms with Crippen molar-refractivity contribution in [2.24, 2.45) is 0 Å². The summed E-state index contributed by atoms with van der Waals surface area (Å²) in [7, 11) is 0. The predicted octanol–water partition coefficient (Wildman–Crippen LogP) is 1.99. The van der Waals surface area contributed by atoms with Crippen molar-refractivity contribution in [1.82, 2.24) is 14.6 Å². The van der Waals surface area contributed by atoms with Gasteiger partial charge in [-0.2, -0.15) is 0 Å². The lowest BCUT2D eigenvalue weighted by atomic mass is 9.93. The molecule has 1 aliphatic carbocycles. The number of ether oxygens (including phenoxy) is 1. The number of aryl methyl sites for hydroxylation is 2. The van der Waals surface area contributed by atoms with Gasteiger partial charge in [-0.3, -0.25) is 4.79 Å². The van der Waals surface area contributed by atoms with E-state index in [1.807, 2.05) is 6.20 Å². The van der Waals surface area contributed by atoms with E-state index in [1.54, 1.807) is 22.8 Å². The topological polar surface area (TPSA) is 80.2 Å². The van der Waals surface area contributed by atoms with E-state index in [9.17, 15) is 9.59 Å². The Bertz CT molecular complexity index is 820. The highest BCUT2D eigenvalue weighted by Gasteiger charge is 2.29. The first kappa shape index (κ1) is 15.9. The van der Waals surface area contributed by atoms with Gasteiger partial charge in [0.05, 0.1) is 12.8 Å². The molecule has 0 radical (unpaired) electrons. The summed E-state index contributed by atoms with van der Waals surface area (Å²) < 4.78 is 6.74. The number of H-pyrrole nitrogens is 1. The molecule has 0 spiro atoms. The van der Waals surface area contributed by atoms with E-state index in [0.717, 1.165) is 43.5 Å². The Morgan fingerprint density at radius 1 is 1.24 bits per heavy atom. The van der Waals surface area contributed by atoms with Crippen LogP contribution in [0.2, 0.25) is 0 Å². The lowest BCUT2D eigenvalue weighted by molar-refractivity contribution is 0.0519. The standard InChI is InChI=1S/C18H22N4O3/c1-2-25-18(24)14-11-22-15(20-14)8-5-9-21(22)17(23)16-13-7-4-3-6-12(13)10-19-16/h10-11,19H,2-9H2,1H3. The Labute approximate surface area is 146 Å². The molecule has 3 heterocycles. The van der Waals surface area contributed by atoms with Gasteiger partial charge in [-0.05, 0) is 50.2 Å². The number of rotatable bonds is 3. The second kappa shape index (κ2) is 6.38. The van der Waals surface area contributed by atoms with Gasteiger partial charge in [-0.25, -0.2) is 19.5 Å². The molecule has 0 saturated heterocycles. The van der Waals surface area contributed by atoms with Crippen molar-refractivity contribution < 1.29 is 14.3 Å². The summed E-state index contributed by atoms with van der Waals surface area (Å²) in [5.41, 5.74) is 3.33. The molecular formula is C18H22N4O3. The first-order chi connectivity index (χ1) is 12.2. The maximum absolute atomic E-state index is 13.1. The summed E-state index contributed by atoms with van der Waals surface area (Å²) in [6, 6.07) is 0. The van der Waals surface area contributed by atoms with Crippen LogP contribution in [0.25, 0.3) is 0 Å². The average Bonchev–Trinajstić information content (AvgIpc) is 3.25. The lowest BCUT2D eigenvalue weighted by Gasteiger charge is -2.29. The van der Waals surface area contributed by atoms with Crippen LogP contribution in [-0.2, 0) is 24.0 Å². The smallest absolute Gasteiger partial charge is 0.358 e. The van der Waals surface area contributed by atoms with Gasteiger partial charge in [0, 0.05) is 19.2 Å². The van der Waals surface area contributed by atoms with Crippen molar-refractivity contribution in [1.29, 1.82) is 0 Å². The average molecular weight is 342 g/mol. The molecule has 1 N–H and O–H groups in total. The summed E-state index contributed by atoms with van der Waals surface area (Å²) in [6.45, 7) is 2.68. The van der Waals surface area contributed by atoms with Gasteiger partial charge < -0.3 is 9.72 Å². The molecule has 25 heavy (non-hydrogen) atoms. The van der Waals surface area contributed by atoms with Crippen LogP contribution in [0.5, 0.6) is 0 Å². The third kappa shape index (κ3) is 2.73. The fourth-order valence-electron chi connectivity index (χ4n) is 3.73. The van der Waals surface area contributed by atoms with E-state index in [-0.39, 0.29) is 11.6 Å². The van der Waals surface area contributed by atoms with Gasteiger partial charge in [0.2, 0.25) is 0 Å². The summed E-state index contributed by atoms with van der Waals surface area (Å²) in [4.78, 5) is 32.6. The minimum atomic E-state index is -0.450. The molecule has 0 aromatic carbocycles. The number of hydrogen-bond acceptors (Lipinski definition) is 4. The third-order valence-electron chi connectivity index (χ3n) is 4.92. The van der Waals surface area contributed by atoms with Crippen LogP contribution in [0, 0.1) is 0 Å². The molecule has 0 atom stereocenters. The Morgan fingerprint density at radius 2 is 2.08 bits per heavy atom. The highest BCUT2D eigenvalue weighted by atomic mass is 16.5. The second-order valence-corrected chi connectivity index (χ2v) is 6.51. The predicted molar refractivity (Wildman–Crippen MR) is 91.4 cm³/mol. The molecule has 0 fully saturated rings. The zero-order chi connectivity index (χ0) is 17.4. The molecule has 1 amide bonds. The van der Waals surface area contributed by atoms with Crippen LogP contribution >= 0.6 is 0 Å². The Morgan fingerprint density at radius 3 is 2.92 bits per heavy atom. The number of nitrogens with zero attached hydrogens (tertiary/aromatic N) is 3. The van der Waals surface area contributed by atoms with Crippen molar-refractivity contribution in [2.45, 2.75) is 45.4 Å². The molecule has 0 saturated carbocycles. The number of fused-ring (bicyclic) bond motifs is 2. The van der Waals surface area contributed by atoms with Crippen molar-refractivity contribution in [3.05, 3.63) is 40.7 Å². The first-order valence-corrected chi connectivity index (χ1v) is 8.95. The van der Waals surface area contributed by atoms with E-state index in [1.165, 1.54) is 12.0 Å². The number of imidazole rings is 1. The molecule has 2 aromatic rings. The molecule has 132 valence electrons. The van der Waals surface area contributed by atoms with E-state index < -0.39 is 5.97 Å². The highest BCUT2D eigenvalue weighted by molar-refractivity contribution is 6.01. The minimum absolute atomic E-state index is 0.0584. The summed E-state index contributed by atoms with van der Waals surface area (Å²) in [5.74, 6) is 0.217. The maximum atomic E-state index is 13.1. The zero-order valence-electron chi connectivity index (χ0n) is 14.4. The Kier molecular flexibility index (Phi) is 4.07. The first-order valence-electron chi connectivity index (χ1n) is 8.95. The second-order valence-electron chi connectivity index (χ2n) is 6.51. The largest absolute Gasteiger partial charge is 0.461 e. The Hall–Kier alpha value is -2.57. The number of hydrogen-bond donors (Lipinski definition) is 1. The zero-order valence-corrected chi connectivity index (χ0v) is 14.4. The molecule has 2 aromatic heterocycles. The number of esters is 1. The maximum Gasteiger partial charge on any atom is 0.358 e. The molecule has 0 bridgehead atoms.